The smallest absolute Gasteiger partial charge is 0.0445 e. The van der Waals surface area contributed by atoms with Gasteiger partial charge in [-0.2, -0.15) is 0 Å². The Balaban J connectivity index is 2.27. The average molecular weight is 227 g/mol. The molecular weight excluding hydrogens is 198 g/mol. The highest BCUT2D eigenvalue weighted by Gasteiger charge is 2.29. The third-order valence-corrected chi connectivity index (χ3v) is 4.03. The first-order chi connectivity index (χ1) is 7.43. The van der Waals surface area contributed by atoms with Crippen LogP contribution >= 0.6 is 0 Å². The first-order valence-electron chi connectivity index (χ1n) is 6.80. The van der Waals surface area contributed by atoms with Crippen LogP contribution in [0.5, 0.6) is 0 Å². The van der Waals surface area contributed by atoms with Crippen molar-refractivity contribution in [3.63, 3.8) is 0 Å². The van der Waals surface area contributed by atoms with E-state index >= 15 is 0 Å². The highest BCUT2D eigenvalue weighted by atomic mass is 16.3. The molecule has 1 aliphatic rings. The fourth-order valence-corrected chi connectivity index (χ4v) is 2.81. The van der Waals surface area contributed by atoms with Crippen LogP contribution in [0.4, 0.5) is 0 Å². The number of aliphatic hydroxyl groups excluding tert-OH is 1. The Morgan fingerprint density at radius 3 is 2.19 bits per heavy atom. The van der Waals surface area contributed by atoms with Gasteiger partial charge in [0.15, 0.2) is 0 Å². The molecule has 0 spiro atoms. The Morgan fingerprint density at radius 1 is 1.19 bits per heavy atom. The van der Waals surface area contributed by atoms with Crippen molar-refractivity contribution in [1.82, 2.24) is 5.32 Å². The number of hydrogen-bond donors (Lipinski definition) is 2. The third kappa shape index (κ3) is 4.42. The monoisotopic (exact) mass is 227 g/mol. The van der Waals surface area contributed by atoms with Crippen LogP contribution in [0, 0.1) is 11.3 Å². The molecule has 1 saturated carbocycles. The molecule has 0 bridgehead atoms. The van der Waals surface area contributed by atoms with Gasteiger partial charge in [0.2, 0.25) is 0 Å². The lowest BCUT2D eigenvalue weighted by molar-refractivity contribution is 0.154. The molecule has 0 heterocycles. The summed E-state index contributed by atoms with van der Waals surface area (Å²) in [6.45, 7) is 9.55. The van der Waals surface area contributed by atoms with Crippen molar-refractivity contribution in [2.45, 2.75) is 71.9 Å². The summed E-state index contributed by atoms with van der Waals surface area (Å²) >= 11 is 0. The van der Waals surface area contributed by atoms with Gasteiger partial charge in [-0.25, -0.2) is 0 Å². The normalized spacial score (nSPS) is 29.1. The molecule has 0 radical (unpaired) electrons. The maximum absolute atomic E-state index is 8.87. The van der Waals surface area contributed by atoms with E-state index in [0.717, 1.165) is 12.3 Å². The molecule has 0 aromatic carbocycles. The molecule has 0 amide bonds. The van der Waals surface area contributed by atoms with Gasteiger partial charge in [0.05, 0.1) is 0 Å². The van der Waals surface area contributed by atoms with Gasteiger partial charge in [0.1, 0.15) is 0 Å². The number of hydrogen-bond acceptors (Lipinski definition) is 2. The summed E-state index contributed by atoms with van der Waals surface area (Å²) in [7, 11) is 0. The minimum Gasteiger partial charge on any atom is -0.396 e. The van der Waals surface area contributed by atoms with Crippen molar-refractivity contribution in [2.75, 3.05) is 6.61 Å². The Kier molecular flexibility index (Phi) is 5.26. The van der Waals surface area contributed by atoms with Crippen LogP contribution in [0.2, 0.25) is 0 Å². The molecule has 0 aromatic heterocycles. The molecule has 0 aliphatic heterocycles. The van der Waals surface area contributed by atoms with Crippen LogP contribution in [0.25, 0.3) is 0 Å². The van der Waals surface area contributed by atoms with Crippen LogP contribution in [0.3, 0.4) is 0 Å². The van der Waals surface area contributed by atoms with Gasteiger partial charge >= 0.3 is 0 Å². The maximum atomic E-state index is 8.87. The quantitative estimate of drug-likeness (QED) is 0.774. The first kappa shape index (κ1) is 14.0. The molecule has 2 N–H and O–H groups in total. The largest absolute Gasteiger partial charge is 0.396 e. The van der Waals surface area contributed by atoms with Crippen molar-refractivity contribution >= 4 is 0 Å². The van der Waals surface area contributed by atoms with Crippen LogP contribution in [-0.4, -0.2) is 23.8 Å². The van der Waals surface area contributed by atoms with E-state index in [2.05, 4.69) is 33.0 Å². The lowest BCUT2D eigenvalue weighted by atomic mass is 9.71. The summed E-state index contributed by atoms with van der Waals surface area (Å²) in [6, 6.07) is 1.14. The Bertz CT molecular complexity index is 189. The van der Waals surface area contributed by atoms with E-state index in [1.54, 1.807) is 0 Å². The Labute approximate surface area is 101 Å². The number of aliphatic hydroxyl groups is 1. The van der Waals surface area contributed by atoms with Gasteiger partial charge in [0.25, 0.3) is 0 Å². The Morgan fingerprint density at radius 2 is 1.75 bits per heavy atom. The van der Waals surface area contributed by atoms with Crippen molar-refractivity contribution in [3.8, 4) is 0 Å². The van der Waals surface area contributed by atoms with Crippen molar-refractivity contribution in [1.29, 1.82) is 0 Å². The SMILES string of the molecule is CC(CCO)NC1CCC(C(C)(C)C)CC1. The van der Waals surface area contributed by atoms with Crippen molar-refractivity contribution in [2.24, 2.45) is 11.3 Å². The van der Waals surface area contributed by atoms with Crippen molar-refractivity contribution in [3.05, 3.63) is 0 Å². The fourth-order valence-electron chi connectivity index (χ4n) is 2.81. The van der Waals surface area contributed by atoms with E-state index in [-0.39, 0.29) is 0 Å². The van der Waals surface area contributed by atoms with E-state index < -0.39 is 0 Å². The standard InChI is InChI=1S/C14H29NO/c1-11(9-10-16)15-13-7-5-12(6-8-13)14(2,3)4/h11-13,15-16H,5-10H2,1-4H3. The minimum atomic E-state index is 0.297. The molecule has 1 unspecified atom stereocenters. The third-order valence-electron chi connectivity index (χ3n) is 4.03. The van der Waals surface area contributed by atoms with E-state index in [1.165, 1.54) is 25.7 Å². The van der Waals surface area contributed by atoms with E-state index in [1.807, 2.05) is 0 Å². The summed E-state index contributed by atoms with van der Waals surface area (Å²) < 4.78 is 0. The van der Waals surface area contributed by atoms with Crippen LogP contribution in [-0.2, 0) is 0 Å². The van der Waals surface area contributed by atoms with Crippen LogP contribution in [0.1, 0.15) is 59.8 Å². The molecule has 96 valence electrons. The van der Waals surface area contributed by atoms with E-state index in [4.69, 9.17) is 5.11 Å². The van der Waals surface area contributed by atoms with Gasteiger partial charge in [-0.05, 0) is 50.4 Å². The topological polar surface area (TPSA) is 32.3 Å². The van der Waals surface area contributed by atoms with Crippen LogP contribution in [0.15, 0.2) is 0 Å². The average Bonchev–Trinajstić information content (AvgIpc) is 2.17. The number of nitrogens with one attached hydrogen (secondary N) is 1. The second-order valence-corrected chi connectivity index (χ2v) is 6.49. The highest BCUT2D eigenvalue weighted by Crippen LogP contribution is 2.37. The summed E-state index contributed by atoms with van der Waals surface area (Å²) in [5.74, 6) is 0.888. The second kappa shape index (κ2) is 6.02. The predicted octanol–water partition coefficient (Wildman–Crippen LogP) is 2.95. The van der Waals surface area contributed by atoms with E-state index in [9.17, 15) is 0 Å². The molecule has 0 aromatic rings. The van der Waals surface area contributed by atoms with Crippen molar-refractivity contribution < 1.29 is 5.11 Å². The highest BCUT2D eigenvalue weighted by molar-refractivity contribution is 4.84. The number of rotatable bonds is 4. The molecule has 1 atom stereocenters. The second-order valence-electron chi connectivity index (χ2n) is 6.49. The van der Waals surface area contributed by atoms with Gasteiger partial charge in [-0.3, -0.25) is 0 Å². The minimum absolute atomic E-state index is 0.297. The zero-order valence-corrected chi connectivity index (χ0v) is 11.4. The molecule has 1 fully saturated rings. The van der Waals surface area contributed by atoms with Crippen LogP contribution < -0.4 is 5.32 Å². The van der Waals surface area contributed by atoms with Gasteiger partial charge in [-0.1, -0.05) is 20.8 Å². The molecule has 16 heavy (non-hydrogen) atoms. The molecule has 2 nitrogen and oxygen atoms in total. The summed E-state index contributed by atoms with van der Waals surface area (Å²) in [6.07, 6.45) is 6.19. The molecular formula is C14H29NO. The lowest BCUT2D eigenvalue weighted by Gasteiger charge is -2.38. The van der Waals surface area contributed by atoms with Gasteiger partial charge in [-0.15, -0.1) is 0 Å². The molecule has 1 rings (SSSR count). The summed E-state index contributed by atoms with van der Waals surface area (Å²) in [5, 5.41) is 12.5. The summed E-state index contributed by atoms with van der Waals surface area (Å²) in [5.41, 5.74) is 0.474. The molecule has 2 heteroatoms. The fraction of sp³-hybridized carbons (Fsp3) is 1.00. The van der Waals surface area contributed by atoms with Gasteiger partial charge in [0, 0.05) is 18.7 Å². The summed E-state index contributed by atoms with van der Waals surface area (Å²) in [4.78, 5) is 0. The maximum Gasteiger partial charge on any atom is 0.0445 e. The predicted molar refractivity (Wildman–Crippen MR) is 69.5 cm³/mol. The lowest BCUT2D eigenvalue weighted by Crippen LogP contribution is -2.41. The molecule has 1 aliphatic carbocycles. The zero-order chi connectivity index (χ0) is 12.2. The first-order valence-corrected chi connectivity index (χ1v) is 6.80. The van der Waals surface area contributed by atoms with Gasteiger partial charge < -0.3 is 10.4 Å². The zero-order valence-electron chi connectivity index (χ0n) is 11.4. The van der Waals surface area contributed by atoms with E-state index in [0.29, 0.717) is 24.1 Å². The Hall–Kier alpha value is -0.0800. The molecule has 0 saturated heterocycles.